The van der Waals surface area contributed by atoms with E-state index in [1.165, 1.54) is 10.4 Å². The van der Waals surface area contributed by atoms with E-state index in [9.17, 15) is 13.2 Å². The van der Waals surface area contributed by atoms with Crippen LogP contribution in [0.15, 0.2) is 29.2 Å². The zero-order valence-corrected chi connectivity index (χ0v) is 14.7. The summed E-state index contributed by atoms with van der Waals surface area (Å²) in [6.07, 6.45) is 0. The Morgan fingerprint density at radius 3 is 2.54 bits per heavy atom. The standard InChI is InChI=1S/C15H20ClN3O4S/c16-12-3-1-2-4-14(12)24(21,22)19-8-6-18(7-9-19)15(20)13-11-23-10-5-17-13/h1-4,13,17H,5-11H2. The molecule has 1 atom stereocenters. The maximum Gasteiger partial charge on any atom is 0.244 e. The monoisotopic (exact) mass is 373 g/mol. The van der Waals surface area contributed by atoms with Crippen molar-refractivity contribution >= 4 is 27.5 Å². The number of morpholine rings is 1. The Balaban J connectivity index is 1.64. The van der Waals surface area contributed by atoms with Crippen molar-refractivity contribution in [1.29, 1.82) is 0 Å². The number of benzene rings is 1. The van der Waals surface area contributed by atoms with Gasteiger partial charge in [-0.15, -0.1) is 0 Å². The minimum absolute atomic E-state index is 0.0375. The van der Waals surface area contributed by atoms with Crippen LogP contribution < -0.4 is 5.32 Å². The molecule has 1 aromatic rings. The first-order valence-electron chi connectivity index (χ1n) is 7.85. The average molecular weight is 374 g/mol. The maximum absolute atomic E-state index is 12.7. The third kappa shape index (κ3) is 3.57. The molecular weight excluding hydrogens is 354 g/mol. The molecule has 1 unspecified atom stereocenters. The Bertz CT molecular complexity index is 698. The molecule has 24 heavy (non-hydrogen) atoms. The number of halogens is 1. The molecule has 2 saturated heterocycles. The zero-order chi connectivity index (χ0) is 17.2. The summed E-state index contributed by atoms with van der Waals surface area (Å²) in [5.74, 6) is -0.0375. The molecular formula is C15H20ClN3O4S. The van der Waals surface area contributed by atoms with Crippen LogP contribution in [0.4, 0.5) is 0 Å². The van der Waals surface area contributed by atoms with E-state index in [1.54, 1.807) is 23.1 Å². The van der Waals surface area contributed by atoms with Crippen LogP contribution in [0.1, 0.15) is 0 Å². The second-order valence-electron chi connectivity index (χ2n) is 5.74. The summed E-state index contributed by atoms with van der Waals surface area (Å²) in [6, 6.07) is 6.05. The molecule has 7 nitrogen and oxygen atoms in total. The first-order chi connectivity index (χ1) is 11.5. The normalized spacial score (nSPS) is 23.2. The van der Waals surface area contributed by atoms with Crippen LogP contribution in [-0.4, -0.2) is 75.5 Å². The van der Waals surface area contributed by atoms with Gasteiger partial charge in [-0.3, -0.25) is 4.79 Å². The van der Waals surface area contributed by atoms with Crippen molar-refractivity contribution in [2.45, 2.75) is 10.9 Å². The van der Waals surface area contributed by atoms with Gasteiger partial charge in [-0.1, -0.05) is 23.7 Å². The molecule has 0 aromatic heterocycles. The van der Waals surface area contributed by atoms with Crippen LogP contribution in [0.5, 0.6) is 0 Å². The largest absolute Gasteiger partial charge is 0.378 e. The number of hydrogen-bond donors (Lipinski definition) is 1. The smallest absolute Gasteiger partial charge is 0.244 e. The van der Waals surface area contributed by atoms with Gasteiger partial charge in [-0.2, -0.15) is 4.31 Å². The molecule has 1 N–H and O–H groups in total. The lowest BCUT2D eigenvalue weighted by atomic mass is 10.2. The predicted molar refractivity (Wildman–Crippen MR) is 89.4 cm³/mol. The van der Waals surface area contributed by atoms with Gasteiger partial charge in [0.05, 0.1) is 18.2 Å². The quantitative estimate of drug-likeness (QED) is 0.816. The molecule has 0 spiro atoms. The third-order valence-corrected chi connectivity index (χ3v) is 6.62. The number of nitrogens with one attached hydrogen (secondary N) is 1. The van der Waals surface area contributed by atoms with E-state index in [-0.39, 0.29) is 35.0 Å². The lowest BCUT2D eigenvalue weighted by molar-refractivity contribution is -0.137. The van der Waals surface area contributed by atoms with Crippen molar-refractivity contribution < 1.29 is 17.9 Å². The molecule has 0 bridgehead atoms. The number of carbonyl (C=O) groups excluding carboxylic acids is 1. The number of hydrogen-bond acceptors (Lipinski definition) is 5. The molecule has 1 aromatic carbocycles. The fourth-order valence-corrected chi connectivity index (χ4v) is 4.80. The first kappa shape index (κ1) is 17.6. The second kappa shape index (κ2) is 7.37. The summed E-state index contributed by atoms with van der Waals surface area (Å²) >= 11 is 6.02. The highest BCUT2D eigenvalue weighted by Gasteiger charge is 2.33. The van der Waals surface area contributed by atoms with Crippen molar-refractivity contribution in [1.82, 2.24) is 14.5 Å². The number of amides is 1. The molecule has 0 aliphatic carbocycles. The minimum atomic E-state index is -3.64. The highest BCUT2D eigenvalue weighted by Crippen LogP contribution is 2.25. The molecule has 2 aliphatic rings. The number of sulfonamides is 1. The molecule has 1 amide bonds. The molecule has 9 heteroatoms. The molecule has 3 rings (SSSR count). The van der Waals surface area contributed by atoms with Gasteiger partial charge in [-0.25, -0.2) is 8.42 Å². The summed E-state index contributed by atoms with van der Waals surface area (Å²) < 4.78 is 32.1. The lowest BCUT2D eigenvalue weighted by Crippen LogP contribution is -2.57. The topological polar surface area (TPSA) is 79.0 Å². The van der Waals surface area contributed by atoms with Crippen LogP contribution in [0, 0.1) is 0 Å². The summed E-state index contributed by atoms with van der Waals surface area (Å²) in [7, 11) is -3.64. The van der Waals surface area contributed by atoms with Gasteiger partial charge in [0, 0.05) is 32.7 Å². The molecule has 2 aliphatic heterocycles. The van der Waals surface area contributed by atoms with Gasteiger partial charge in [0.15, 0.2) is 0 Å². The van der Waals surface area contributed by atoms with E-state index < -0.39 is 10.0 Å². The van der Waals surface area contributed by atoms with Gasteiger partial charge in [0.1, 0.15) is 10.9 Å². The predicted octanol–water partition coefficient (Wildman–Crippen LogP) is 0.161. The summed E-state index contributed by atoms with van der Waals surface area (Å²) in [5.41, 5.74) is 0. The highest BCUT2D eigenvalue weighted by atomic mass is 35.5. The molecule has 132 valence electrons. The highest BCUT2D eigenvalue weighted by molar-refractivity contribution is 7.89. The SMILES string of the molecule is O=C(C1COCCN1)N1CCN(S(=O)(=O)c2ccccc2Cl)CC1. The molecule has 2 fully saturated rings. The van der Waals surface area contributed by atoms with Gasteiger partial charge in [0.25, 0.3) is 0 Å². The van der Waals surface area contributed by atoms with E-state index in [4.69, 9.17) is 16.3 Å². The lowest BCUT2D eigenvalue weighted by Gasteiger charge is -2.36. The first-order valence-corrected chi connectivity index (χ1v) is 9.66. The fraction of sp³-hybridized carbons (Fsp3) is 0.533. The van der Waals surface area contributed by atoms with Crippen molar-refractivity contribution in [2.24, 2.45) is 0 Å². The van der Waals surface area contributed by atoms with E-state index in [0.29, 0.717) is 32.8 Å². The van der Waals surface area contributed by atoms with E-state index in [1.807, 2.05) is 0 Å². The minimum Gasteiger partial charge on any atom is -0.378 e. The van der Waals surface area contributed by atoms with Gasteiger partial charge >= 0.3 is 0 Å². The summed E-state index contributed by atoms with van der Waals surface area (Å²) in [5, 5.41) is 3.33. The molecule has 0 radical (unpaired) electrons. The van der Waals surface area contributed by atoms with Gasteiger partial charge < -0.3 is 15.0 Å². The van der Waals surface area contributed by atoms with Gasteiger partial charge in [0.2, 0.25) is 15.9 Å². The Morgan fingerprint density at radius 2 is 1.92 bits per heavy atom. The van der Waals surface area contributed by atoms with Crippen LogP contribution in [-0.2, 0) is 19.6 Å². The second-order valence-corrected chi connectivity index (χ2v) is 8.05. The number of carbonyl (C=O) groups is 1. The van der Waals surface area contributed by atoms with Crippen LogP contribution in [0.2, 0.25) is 5.02 Å². The van der Waals surface area contributed by atoms with E-state index in [0.717, 1.165) is 0 Å². The Kier molecular flexibility index (Phi) is 5.41. The van der Waals surface area contributed by atoms with Crippen LogP contribution in [0.25, 0.3) is 0 Å². The zero-order valence-electron chi connectivity index (χ0n) is 13.2. The van der Waals surface area contributed by atoms with Crippen molar-refractivity contribution in [3.63, 3.8) is 0 Å². The van der Waals surface area contributed by atoms with Crippen molar-refractivity contribution in [3.05, 3.63) is 29.3 Å². The van der Waals surface area contributed by atoms with Crippen LogP contribution in [0.3, 0.4) is 0 Å². The van der Waals surface area contributed by atoms with Crippen molar-refractivity contribution in [3.8, 4) is 0 Å². The van der Waals surface area contributed by atoms with E-state index >= 15 is 0 Å². The third-order valence-electron chi connectivity index (χ3n) is 4.22. The Morgan fingerprint density at radius 1 is 1.21 bits per heavy atom. The summed E-state index contributed by atoms with van der Waals surface area (Å²) in [4.78, 5) is 14.2. The number of rotatable bonds is 3. The van der Waals surface area contributed by atoms with E-state index in [2.05, 4.69) is 5.32 Å². The maximum atomic E-state index is 12.7. The number of ether oxygens (including phenoxy) is 1. The number of nitrogens with zero attached hydrogens (tertiary/aromatic N) is 2. The number of piperazine rings is 1. The van der Waals surface area contributed by atoms with Gasteiger partial charge in [-0.05, 0) is 12.1 Å². The fourth-order valence-electron chi connectivity index (χ4n) is 2.89. The molecule has 2 heterocycles. The Labute approximate surface area is 146 Å². The molecule has 0 saturated carbocycles. The average Bonchev–Trinajstić information content (AvgIpc) is 2.62. The summed E-state index contributed by atoms with van der Waals surface area (Å²) in [6.45, 7) is 2.85. The van der Waals surface area contributed by atoms with Crippen molar-refractivity contribution in [2.75, 3.05) is 45.9 Å². The Hall–Kier alpha value is -1.19. The van der Waals surface area contributed by atoms with Crippen LogP contribution >= 0.6 is 11.6 Å².